The molecule has 0 aromatic heterocycles. The topological polar surface area (TPSA) is 29.1 Å². The zero-order valence-corrected chi connectivity index (χ0v) is 12.6. The maximum absolute atomic E-state index is 13.6. The smallest absolute Gasteiger partial charge is 0.255 e. The summed E-state index contributed by atoms with van der Waals surface area (Å²) in [7, 11) is 0. The minimum Gasteiger partial charge on any atom is -0.319 e. The molecule has 2 aromatic carbocycles. The molecule has 0 aliphatic rings. The molecule has 0 radical (unpaired) electrons. The van der Waals surface area contributed by atoms with E-state index in [1.807, 2.05) is 0 Å². The molecule has 0 unspecified atom stereocenters. The summed E-state index contributed by atoms with van der Waals surface area (Å²) in [5, 5.41) is 2.42. The normalized spacial score (nSPS) is 10.3. The molecule has 2 nitrogen and oxygen atoms in total. The van der Waals surface area contributed by atoms with Gasteiger partial charge in [-0.25, -0.2) is 8.78 Å². The maximum atomic E-state index is 13.6. The van der Waals surface area contributed by atoms with Gasteiger partial charge < -0.3 is 5.32 Å². The van der Waals surface area contributed by atoms with Crippen molar-refractivity contribution in [2.75, 3.05) is 5.32 Å². The molecule has 1 N–H and O–H groups in total. The lowest BCUT2D eigenvalue weighted by molar-refractivity contribution is 0.102. The van der Waals surface area contributed by atoms with Gasteiger partial charge in [0.05, 0.1) is 10.2 Å². The van der Waals surface area contributed by atoms with Gasteiger partial charge in [-0.1, -0.05) is 15.9 Å². The monoisotopic (exact) mass is 389 g/mol. The van der Waals surface area contributed by atoms with Crippen molar-refractivity contribution in [3.05, 3.63) is 62.5 Å². The highest BCUT2D eigenvalue weighted by atomic mass is 79.9. The summed E-state index contributed by atoms with van der Waals surface area (Å²) < 4.78 is 27.4. The van der Waals surface area contributed by atoms with Crippen LogP contribution in [0.3, 0.4) is 0 Å². The van der Waals surface area contributed by atoms with E-state index in [1.54, 1.807) is 6.07 Å². The first-order chi connectivity index (χ1) is 8.97. The number of amides is 1. The lowest BCUT2D eigenvalue weighted by Crippen LogP contribution is -2.13. The van der Waals surface area contributed by atoms with Crippen molar-refractivity contribution in [3.8, 4) is 0 Å². The second-order valence-corrected chi connectivity index (χ2v) is 5.48. The molecule has 2 aromatic rings. The van der Waals surface area contributed by atoms with Crippen molar-refractivity contribution in [2.45, 2.75) is 0 Å². The Labute approximate surface area is 125 Å². The zero-order chi connectivity index (χ0) is 14.0. The molecule has 98 valence electrons. The Morgan fingerprint density at radius 2 is 1.74 bits per heavy atom. The highest BCUT2D eigenvalue weighted by molar-refractivity contribution is 9.10. The van der Waals surface area contributed by atoms with Crippen LogP contribution in [-0.4, -0.2) is 5.91 Å². The predicted octanol–water partition coefficient (Wildman–Crippen LogP) is 4.74. The molecule has 0 atom stereocenters. The van der Waals surface area contributed by atoms with Crippen molar-refractivity contribution < 1.29 is 13.6 Å². The van der Waals surface area contributed by atoms with Crippen LogP contribution >= 0.6 is 31.9 Å². The lowest BCUT2D eigenvalue weighted by Gasteiger charge is -2.07. The summed E-state index contributed by atoms with van der Waals surface area (Å²) in [6, 6.07) is 8.12. The summed E-state index contributed by atoms with van der Waals surface area (Å²) in [6.07, 6.45) is 0. The maximum Gasteiger partial charge on any atom is 0.255 e. The predicted molar refractivity (Wildman–Crippen MR) is 76.2 cm³/mol. The van der Waals surface area contributed by atoms with Crippen molar-refractivity contribution in [1.29, 1.82) is 0 Å². The standard InChI is InChI=1S/C13H7Br2F2NO/c14-8-2-4-12(11(17)6-8)18-13(19)7-1-3-10(16)9(15)5-7/h1-6H,(H,18,19). The SMILES string of the molecule is O=C(Nc1ccc(Br)cc1F)c1ccc(F)c(Br)c1. The molecule has 1 amide bonds. The molecule has 0 fully saturated rings. The Bertz CT molecular complexity index is 647. The first-order valence-electron chi connectivity index (χ1n) is 5.19. The number of hydrogen-bond donors (Lipinski definition) is 1. The van der Waals surface area contributed by atoms with E-state index in [0.29, 0.717) is 4.47 Å². The van der Waals surface area contributed by atoms with Crippen molar-refractivity contribution in [2.24, 2.45) is 0 Å². The van der Waals surface area contributed by atoms with E-state index in [9.17, 15) is 13.6 Å². The number of halogens is 4. The van der Waals surface area contributed by atoms with Crippen LogP contribution in [0, 0.1) is 11.6 Å². The van der Waals surface area contributed by atoms with Crippen LogP contribution in [0.15, 0.2) is 45.3 Å². The average Bonchev–Trinajstić information content (AvgIpc) is 2.36. The fourth-order valence-corrected chi connectivity index (χ4v) is 2.13. The fourth-order valence-electron chi connectivity index (χ4n) is 1.42. The number of hydrogen-bond acceptors (Lipinski definition) is 1. The molecule has 0 heterocycles. The molecule has 6 heteroatoms. The molecule has 0 aliphatic heterocycles. The minimum absolute atomic E-state index is 0.0636. The van der Waals surface area contributed by atoms with Crippen LogP contribution in [0.1, 0.15) is 10.4 Å². The van der Waals surface area contributed by atoms with Crippen molar-refractivity contribution in [3.63, 3.8) is 0 Å². The third-order valence-electron chi connectivity index (χ3n) is 2.36. The molecular formula is C13H7Br2F2NO. The quantitative estimate of drug-likeness (QED) is 0.788. The van der Waals surface area contributed by atoms with E-state index >= 15 is 0 Å². The second kappa shape index (κ2) is 5.79. The van der Waals surface area contributed by atoms with Crippen LogP contribution in [0.5, 0.6) is 0 Å². The number of carbonyl (C=O) groups excluding carboxylic acids is 1. The van der Waals surface area contributed by atoms with Gasteiger partial charge in [0.1, 0.15) is 11.6 Å². The number of nitrogens with one attached hydrogen (secondary N) is 1. The third kappa shape index (κ3) is 3.39. The first kappa shape index (κ1) is 14.1. The molecule has 0 saturated heterocycles. The van der Waals surface area contributed by atoms with E-state index in [0.717, 1.165) is 6.07 Å². The van der Waals surface area contributed by atoms with E-state index in [1.165, 1.54) is 24.3 Å². The zero-order valence-electron chi connectivity index (χ0n) is 9.38. The number of anilines is 1. The van der Waals surface area contributed by atoms with Gasteiger partial charge in [-0.3, -0.25) is 4.79 Å². The molecule has 0 saturated carbocycles. The Balaban J connectivity index is 2.23. The van der Waals surface area contributed by atoms with E-state index in [-0.39, 0.29) is 15.7 Å². The Morgan fingerprint density at radius 3 is 2.37 bits per heavy atom. The van der Waals surface area contributed by atoms with Gasteiger partial charge in [0.15, 0.2) is 0 Å². The summed E-state index contributed by atoms with van der Waals surface area (Å²) in [4.78, 5) is 11.9. The van der Waals surface area contributed by atoms with Gasteiger partial charge >= 0.3 is 0 Å². The molecule has 0 aliphatic carbocycles. The van der Waals surface area contributed by atoms with Crippen LogP contribution in [-0.2, 0) is 0 Å². The highest BCUT2D eigenvalue weighted by Gasteiger charge is 2.11. The Kier molecular flexibility index (Phi) is 4.31. The average molecular weight is 391 g/mol. The van der Waals surface area contributed by atoms with Crippen LogP contribution in [0.4, 0.5) is 14.5 Å². The summed E-state index contributed by atoms with van der Waals surface area (Å²) in [5.74, 6) is -1.53. The fraction of sp³-hybridized carbons (Fsp3) is 0. The summed E-state index contributed by atoms with van der Waals surface area (Å²) >= 11 is 6.11. The highest BCUT2D eigenvalue weighted by Crippen LogP contribution is 2.21. The number of carbonyl (C=O) groups is 1. The van der Waals surface area contributed by atoms with Gasteiger partial charge in [0.25, 0.3) is 5.91 Å². The van der Waals surface area contributed by atoms with E-state index in [4.69, 9.17) is 0 Å². The first-order valence-corrected chi connectivity index (χ1v) is 6.77. The van der Waals surface area contributed by atoms with Gasteiger partial charge in [-0.05, 0) is 52.3 Å². The van der Waals surface area contributed by atoms with Gasteiger partial charge in [-0.2, -0.15) is 0 Å². The minimum atomic E-state index is -0.552. The van der Waals surface area contributed by atoms with Crippen LogP contribution in [0.25, 0.3) is 0 Å². The van der Waals surface area contributed by atoms with E-state index < -0.39 is 17.5 Å². The molecule has 2 rings (SSSR count). The summed E-state index contributed by atoms with van der Waals surface area (Å²) in [6.45, 7) is 0. The molecule has 0 spiro atoms. The van der Waals surface area contributed by atoms with Crippen molar-refractivity contribution in [1.82, 2.24) is 0 Å². The van der Waals surface area contributed by atoms with Gasteiger partial charge in [-0.15, -0.1) is 0 Å². The molecule has 19 heavy (non-hydrogen) atoms. The van der Waals surface area contributed by atoms with Crippen LogP contribution < -0.4 is 5.32 Å². The molecule has 0 bridgehead atoms. The third-order valence-corrected chi connectivity index (χ3v) is 3.46. The second-order valence-electron chi connectivity index (χ2n) is 3.71. The largest absolute Gasteiger partial charge is 0.319 e. The lowest BCUT2D eigenvalue weighted by atomic mass is 10.2. The van der Waals surface area contributed by atoms with E-state index in [2.05, 4.69) is 37.2 Å². The Hall–Kier alpha value is -1.27. The number of benzene rings is 2. The molecular weight excluding hydrogens is 384 g/mol. The van der Waals surface area contributed by atoms with Gasteiger partial charge in [0, 0.05) is 10.0 Å². The van der Waals surface area contributed by atoms with Crippen LogP contribution in [0.2, 0.25) is 0 Å². The Morgan fingerprint density at radius 1 is 1.00 bits per heavy atom. The summed E-state index contributed by atoms with van der Waals surface area (Å²) in [5.41, 5.74) is 0.296. The number of rotatable bonds is 2. The van der Waals surface area contributed by atoms with Crippen molar-refractivity contribution >= 4 is 43.5 Å². The van der Waals surface area contributed by atoms with Gasteiger partial charge in [0.2, 0.25) is 0 Å².